The number of nitrogens with one attached hydrogen (secondary N) is 1. The molecular weight excluding hydrogens is 352 g/mol. The minimum atomic E-state index is -3.43. The van der Waals surface area contributed by atoms with Gasteiger partial charge in [-0.3, -0.25) is 9.10 Å². The molecule has 0 radical (unpaired) electrons. The molecule has 1 saturated heterocycles. The van der Waals surface area contributed by atoms with Gasteiger partial charge in [-0.1, -0.05) is 32.9 Å². The Morgan fingerprint density at radius 2 is 1.77 bits per heavy atom. The maximum atomic E-state index is 12.2. The van der Waals surface area contributed by atoms with Crippen molar-refractivity contribution < 1.29 is 17.9 Å². The van der Waals surface area contributed by atoms with Gasteiger partial charge in [0.2, 0.25) is 15.9 Å². The Morgan fingerprint density at radius 1 is 1.19 bits per heavy atom. The lowest BCUT2D eigenvalue weighted by Crippen LogP contribution is -2.41. The van der Waals surface area contributed by atoms with E-state index < -0.39 is 10.0 Å². The van der Waals surface area contributed by atoms with Crippen LogP contribution in [0.5, 0.6) is 0 Å². The van der Waals surface area contributed by atoms with Crippen LogP contribution in [-0.4, -0.2) is 46.9 Å². The van der Waals surface area contributed by atoms with E-state index in [-0.39, 0.29) is 30.3 Å². The number of nitrogens with zero attached hydrogens (tertiary/aromatic N) is 1. The second kappa shape index (κ2) is 8.39. The highest BCUT2D eigenvalue weighted by Gasteiger charge is 2.23. The van der Waals surface area contributed by atoms with Crippen molar-refractivity contribution in [2.75, 3.05) is 36.9 Å². The van der Waals surface area contributed by atoms with Gasteiger partial charge in [0.15, 0.2) is 0 Å². The number of rotatable bonds is 6. The van der Waals surface area contributed by atoms with E-state index >= 15 is 0 Å². The summed E-state index contributed by atoms with van der Waals surface area (Å²) in [6.07, 6.45) is 2.62. The van der Waals surface area contributed by atoms with E-state index in [1.54, 1.807) is 0 Å². The zero-order valence-electron chi connectivity index (χ0n) is 16.1. The molecule has 1 aliphatic heterocycles. The van der Waals surface area contributed by atoms with Crippen molar-refractivity contribution in [1.82, 2.24) is 5.32 Å². The van der Waals surface area contributed by atoms with E-state index in [9.17, 15) is 13.2 Å². The monoisotopic (exact) mass is 382 g/mol. The number of anilines is 1. The van der Waals surface area contributed by atoms with E-state index in [4.69, 9.17) is 4.74 Å². The Labute approximate surface area is 157 Å². The molecule has 6 nitrogen and oxygen atoms in total. The lowest BCUT2D eigenvalue weighted by Gasteiger charge is -2.25. The zero-order chi connectivity index (χ0) is 19.4. The number of carbonyl (C=O) groups is 1. The van der Waals surface area contributed by atoms with Crippen molar-refractivity contribution in [3.05, 3.63) is 29.8 Å². The molecule has 1 fully saturated rings. The fraction of sp³-hybridized carbons (Fsp3) is 0.632. The minimum absolute atomic E-state index is 0.00609. The first-order valence-corrected chi connectivity index (χ1v) is 10.9. The Hall–Kier alpha value is -1.60. The van der Waals surface area contributed by atoms with E-state index in [0.29, 0.717) is 18.9 Å². The smallest absolute Gasteiger partial charge is 0.232 e. The third-order valence-electron chi connectivity index (χ3n) is 4.63. The normalized spacial score (nSPS) is 16.3. The third-order valence-corrected chi connectivity index (χ3v) is 5.82. The number of carbonyl (C=O) groups excluding carboxylic acids is 1. The van der Waals surface area contributed by atoms with Crippen molar-refractivity contribution in [3.63, 3.8) is 0 Å². The van der Waals surface area contributed by atoms with Crippen molar-refractivity contribution in [2.45, 2.75) is 39.0 Å². The van der Waals surface area contributed by atoms with E-state index in [1.807, 2.05) is 24.3 Å². The van der Waals surface area contributed by atoms with Gasteiger partial charge >= 0.3 is 0 Å². The Kier molecular flexibility index (Phi) is 6.69. The van der Waals surface area contributed by atoms with Crippen LogP contribution in [-0.2, 0) is 25.0 Å². The summed E-state index contributed by atoms with van der Waals surface area (Å²) in [4.78, 5) is 12.2. The summed E-state index contributed by atoms with van der Waals surface area (Å²) in [5.74, 6) is -0.0636. The van der Waals surface area contributed by atoms with Crippen molar-refractivity contribution in [2.24, 2.45) is 5.92 Å². The molecule has 1 heterocycles. The van der Waals surface area contributed by atoms with Crippen LogP contribution in [0.3, 0.4) is 0 Å². The number of hydrogen-bond donors (Lipinski definition) is 1. The first kappa shape index (κ1) is 20.7. The van der Waals surface area contributed by atoms with Crippen LogP contribution < -0.4 is 9.62 Å². The van der Waals surface area contributed by atoms with Gasteiger partial charge in [-0.05, 0) is 36.0 Å². The van der Waals surface area contributed by atoms with E-state index in [1.165, 1.54) is 10.6 Å². The molecule has 1 aliphatic rings. The molecule has 146 valence electrons. The van der Waals surface area contributed by atoms with Crippen molar-refractivity contribution in [3.8, 4) is 0 Å². The second-order valence-electron chi connectivity index (χ2n) is 7.81. The quantitative estimate of drug-likeness (QED) is 0.819. The van der Waals surface area contributed by atoms with E-state index in [2.05, 4.69) is 26.1 Å². The van der Waals surface area contributed by atoms with Crippen LogP contribution in [0, 0.1) is 5.92 Å². The molecule has 0 saturated carbocycles. The molecule has 1 aromatic rings. The average molecular weight is 383 g/mol. The van der Waals surface area contributed by atoms with Gasteiger partial charge in [0.1, 0.15) is 0 Å². The maximum absolute atomic E-state index is 12.2. The van der Waals surface area contributed by atoms with Crippen LogP contribution in [0.1, 0.15) is 39.2 Å². The Bertz CT molecular complexity index is 702. The number of amides is 1. The molecule has 0 atom stereocenters. The molecule has 7 heteroatoms. The fourth-order valence-corrected chi connectivity index (χ4v) is 3.93. The highest BCUT2D eigenvalue weighted by atomic mass is 32.2. The largest absolute Gasteiger partial charge is 0.381 e. The summed E-state index contributed by atoms with van der Waals surface area (Å²) in [7, 11) is -3.43. The molecule has 0 aromatic heterocycles. The van der Waals surface area contributed by atoms with Crippen LogP contribution in [0.2, 0.25) is 0 Å². The molecule has 0 unspecified atom stereocenters. The molecule has 0 aliphatic carbocycles. The Balaban J connectivity index is 2.00. The predicted octanol–water partition coefficient (Wildman–Crippen LogP) is 2.29. The van der Waals surface area contributed by atoms with Gasteiger partial charge in [0, 0.05) is 25.7 Å². The average Bonchev–Trinajstić information content (AvgIpc) is 2.57. The van der Waals surface area contributed by atoms with Gasteiger partial charge in [-0.2, -0.15) is 0 Å². The topological polar surface area (TPSA) is 75.7 Å². The summed E-state index contributed by atoms with van der Waals surface area (Å²) in [6, 6.07) is 7.55. The van der Waals surface area contributed by atoms with Crippen LogP contribution in [0.15, 0.2) is 24.3 Å². The highest BCUT2D eigenvalue weighted by Crippen LogP contribution is 2.25. The lowest BCUT2D eigenvalue weighted by molar-refractivity contribution is -0.127. The van der Waals surface area contributed by atoms with Gasteiger partial charge in [0.05, 0.1) is 18.5 Å². The third kappa shape index (κ3) is 5.71. The summed E-state index contributed by atoms with van der Waals surface area (Å²) >= 11 is 0. The number of benzene rings is 1. The summed E-state index contributed by atoms with van der Waals surface area (Å²) in [5.41, 5.74) is 1.76. The first-order chi connectivity index (χ1) is 12.1. The van der Waals surface area contributed by atoms with Gasteiger partial charge in [0.25, 0.3) is 0 Å². The lowest BCUT2D eigenvalue weighted by atomic mass is 9.87. The fourth-order valence-electron chi connectivity index (χ4n) is 3.00. The molecule has 1 amide bonds. The SMILES string of the molecule is CC(C)(C)c1ccc(N(CCNC(=O)C2CCOCC2)S(C)(=O)=O)cc1. The van der Waals surface area contributed by atoms with Gasteiger partial charge in [-0.15, -0.1) is 0 Å². The standard InChI is InChI=1S/C19H30N2O4S/c1-19(2,3)16-5-7-17(8-6-16)21(26(4,23)24)12-11-20-18(22)15-9-13-25-14-10-15/h5-8,15H,9-14H2,1-4H3,(H,20,22). The predicted molar refractivity (Wildman–Crippen MR) is 104 cm³/mol. The minimum Gasteiger partial charge on any atom is -0.381 e. The van der Waals surface area contributed by atoms with Gasteiger partial charge in [-0.25, -0.2) is 8.42 Å². The molecule has 2 rings (SSSR count). The zero-order valence-corrected chi connectivity index (χ0v) is 16.9. The summed E-state index contributed by atoms with van der Waals surface area (Å²) in [6.45, 7) is 8.04. The summed E-state index contributed by atoms with van der Waals surface area (Å²) < 4.78 is 31.0. The van der Waals surface area contributed by atoms with Crippen LogP contribution in [0.4, 0.5) is 5.69 Å². The van der Waals surface area contributed by atoms with E-state index in [0.717, 1.165) is 18.4 Å². The molecule has 1 N–H and O–H groups in total. The molecule has 1 aromatic carbocycles. The van der Waals surface area contributed by atoms with Gasteiger partial charge < -0.3 is 10.1 Å². The number of ether oxygens (including phenoxy) is 1. The highest BCUT2D eigenvalue weighted by molar-refractivity contribution is 7.92. The molecule has 26 heavy (non-hydrogen) atoms. The van der Waals surface area contributed by atoms with Crippen molar-refractivity contribution >= 4 is 21.6 Å². The molecule has 0 spiro atoms. The van der Waals surface area contributed by atoms with Crippen LogP contribution in [0.25, 0.3) is 0 Å². The number of hydrogen-bond acceptors (Lipinski definition) is 4. The molecular formula is C19H30N2O4S. The maximum Gasteiger partial charge on any atom is 0.232 e. The summed E-state index contributed by atoms with van der Waals surface area (Å²) in [5, 5.41) is 2.86. The second-order valence-corrected chi connectivity index (χ2v) is 9.72. The molecule has 0 bridgehead atoms. The Morgan fingerprint density at radius 3 is 2.27 bits per heavy atom. The number of sulfonamides is 1. The first-order valence-electron chi connectivity index (χ1n) is 9.03. The van der Waals surface area contributed by atoms with Crippen LogP contribution >= 0.6 is 0 Å². The van der Waals surface area contributed by atoms with Crippen molar-refractivity contribution in [1.29, 1.82) is 0 Å².